The Morgan fingerprint density at radius 1 is 1.62 bits per heavy atom. The van der Waals surface area contributed by atoms with E-state index < -0.39 is 5.85 Å². The van der Waals surface area contributed by atoms with Crippen molar-refractivity contribution in [2.75, 3.05) is 6.61 Å². The van der Waals surface area contributed by atoms with Gasteiger partial charge in [0.2, 0.25) is 5.85 Å². The fourth-order valence-corrected chi connectivity index (χ4v) is 2.15. The normalized spacial score (nSPS) is 26.6. The van der Waals surface area contributed by atoms with Crippen LogP contribution < -0.4 is 0 Å². The Morgan fingerprint density at radius 3 is 3.00 bits per heavy atom. The Bertz CT molecular complexity index is 275. The van der Waals surface area contributed by atoms with Crippen molar-refractivity contribution in [3.05, 3.63) is 22.7 Å². The van der Waals surface area contributed by atoms with Gasteiger partial charge in [-0.3, -0.25) is 0 Å². The number of halogens is 2. The van der Waals surface area contributed by atoms with Crippen molar-refractivity contribution in [1.82, 2.24) is 0 Å². The first kappa shape index (κ1) is 13.9. The lowest BCUT2D eigenvalue weighted by Gasteiger charge is -2.23. The Hall–Kier alpha value is -0.150. The lowest BCUT2D eigenvalue weighted by Crippen LogP contribution is -2.26. The molecule has 0 aromatic heterocycles. The summed E-state index contributed by atoms with van der Waals surface area (Å²) < 4.78 is 20.1. The molecular weight excluding hydrogens is 271 g/mol. The summed E-state index contributed by atoms with van der Waals surface area (Å²) in [5.41, 5.74) is 0. The van der Waals surface area contributed by atoms with Crippen LogP contribution in [0.4, 0.5) is 4.39 Å². The van der Waals surface area contributed by atoms with Crippen LogP contribution in [0.25, 0.3) is 0 Å². The maximum Gasteiger partial charge on any atom is 0.233 e. The maximum absolute atomic E-state index is 14.0. The van der Waals surface area contributed by atoms with Crippen LogP contribution in [0, 0.1) is 5.92 Å². The Labute approximate surface area is 106 Å². The molecule has 0 saturated heterocycles. The van der Waals surface area contributed by atoms with E-state index in [1.165, 1.54) is 12.5 Å². The lowest BCUT2D eigenvalue weighted by molar-refractivity contribution is -0.106. The molecule has 92 valence electrons. The minimum absolute atomic E-state index is 0.311. The van der Waals surface area contributed by atoms with Gasteiger partial charge < -0.3 is 4.74 Å². The second kappa shape index (κ2) is 6.55. The summed E-state index contributed by atoms with van der Waals surface area (Å²) in [6.07, 6.45) is 8.65. The summed E-state index contributed by atoms with van der Waals surface area (Å²) in [5.74, 6) is -0.907. The van der Waals surface area contributed by atoms with E-state index in [0.717, 1.165) is 17.3 Å². The van der Waals surface area contributed by atoms with E-state index in [9.17, 15) is 4.39 Å². The molecule has 0 N–H and O–H groups in total. The average Bonchev–Trinajstić information content (AvgIpc) is 2.23. The highest BCUT2D eigenvalue weighted by molar-refractivity contribution is 9.11. The highest BCUT2D eigenvalue weighted by atomic mass is 79.9. The molecule has 1 aliphatic rings. The van der Waals surface area contributed by atoms with Gasteiger partial charge in [-0.1, -0.05) is 48.4 Å². The standard InChI is InChI=1S/C13H20BrFO/c1-3-11(2)6-5-9-16-13(15)8-4-7-12(14)10-13/h4,7,10-11H,3,5-6,8-9H2,1-2H3/t11?,13-/m1/s1. The van der Waals surface area contributed by atoms with Crippen LogP contribution in [0.5, 0.6) is 0 Å². The number of hydrogen-bond acceptors (Lipinski definition) is 1. The average molecular weight is 291 g/mol. The highest BCUT2D eigenvalue weighted by Crippen LogP contribution is 2.29. The quantitative estimate of drug-likeness (QED) is 0.643. The van der Waals surface area contributed by atoms with E-state index in [-0.39, 0.29) is 0 Å². The van der Waals surface area contributed by atoms with E-state index >= 15 is 0 Å². The topological polar surface area (TPSA) is 9.23 Å². The third kappa shape index (κ3) is 4.79. The van der Waals surface area contributed by atoms with E-state index in [2.05, 4.69) is 29.8 Å². The SMILES string of the molecule is CCC(C)CCCO[C@@]1(F)C=C(Br)C=CC1. The van der Waals surface area contributed by atoms with E-state index in [1.807, 2.05) is 6.08 Å². The first-order chi connectivity index (χ1) is 7.56. The van der Waals surface area contributed by atoms with Crippen molar-refractivity contribution in [2.24, 2.45) is 5.92 Å². The molecule has 0 spiro atoms. The lowest BCUT2D eigenvalue weighted by atomic mass is 10.0. The van der Waals surface area contributed by atoms with Gasteiger partial charge in [0, 0.05) is 10.9 Å². The molecule has 0 amide bonds. The molecular formula is C13H20BrFO. The molecule has 0 fully saturated rings. The predicted molar refractivity (Wildman–Crippen MR) is 69.2 cm³/mol. The molecule has 0 aliphatic heterocycles. The van der Waals surface area contributed by atoms with Crippen LogP contribution in [0.3, 0.4) is 0 Å². The number of rotatable bonds is 6. The van der Waals surface area contributed by atoms with Crippen molar-refractivity contribution >= 4 is 15.9 Å². The fraction of sp³-hybridized carbons (Fsp3) is 0.692. The third-order valence-electron chi connectivity index (χ3n) is 2.91. The smallest absolute Gasteiger partial charge is 0.233 e. The van der Waals surface area contributed by atoms with Gasteiger partial charge in [0.25, 0.3) is 0 Å². The largest absolute Gasteiger partial charge is 0.342 e. The molecule has 0 aromatic rings. The molecule has 0 saturated carbocycles. The maximum atomic E-state index is 14.0. The van der Waals surface area contributed by atoms with Crippen molar-refractivity contribution < 1.29 is 9.13 Å². The van der Waals surface area contributed by atoms with Gasteiger partial charge in [-0.15, -0.1) is 0 Å². The summed E-state index contributed by atoms with van der Waals surface area (Å²) in [4.78, 5) is 0. The monoisotopic (exact) mass is 290 g/mol. The van der Waals surface area contributed by atoms with Gasteiger partial charge in [-0.25, -0.2) is 4.39 Å². The van der Waals surface area contributed by atoms with E-state index in [4.69, 9.17) is 4.74 Å². The summed E-state index contributed by atoms with van der Waals surface area (Å²) in [6.45, 7) is 4.88. The van der Waals surface area contributed by atoms with E-state index in [1.54, 1.807) is 6.08 Å². The zero-order valence-electron chi connectivity index (χ0n) is 10.0. The minimum Gasteiger partial charge on any atom is -0.342 e. The first-order valence-corrected chi connectivity index (χ1v) is 6.73. The summed E-state index contributed by atoms with van der Waals surface area (Å²) in [6, 6.07) is 0. The molecule has 1 rings (SSSR count). The van der Waals surface area contributed by atoms with Gasteiger partial charge in [-0.05, 0) is 24.8 Å². The second-order valence-corrected chi connectivity index (χ2v) is 5.34. The van der Waals surface area contributed by atoms with Crippen LogP contribution in [-0.2, 0) is 4.74 Å². The zero-order chi connectivity index (χ0) is 12.0. The van der Waals surface area contributed by atoms with Crippen LogP contribution in [0.1, 0.15) is 39.5 Å². The number of allylic oxidation sites excluding steroid dienone is 2. The van der Waals surface area contributed by atoms with Crippen molar-refractivity contribution in [3.63, 3.8) is 0 Å². The van der Waals surface area contributed by atoms with Gasteiger partial charge in [0.15, 0.2) is 0 Å². The van der Waals surface area contributed by atoms with Crippen LogP contribution in [-0.4, -0.2) is 12.5 Å². The first-order valence-electron chi connectivity index (χ1n) is 5.93. The molecule has 0 heterocycles. The van der Waals surface area contributed by atoms with Gasteiger partial charge in [-0.2, -0.15) is 0 Å². The number of hydrogen-bond donors (Lipinski definition) is 0. The van der Waals surface area contributed by atoms with Crippen LogP contribution in [0.2, 0.25) is 0 Å². The summed E-state index contributed by atoms with van der Waals surface area (Å²) in [7, 11) is 0. The van der Waals surface area contributed by atoms with Crippen LogP contribution >= 0.6 is 15.9 Å². The fourth-order valence-electron chi connectivity index (χ4n) is 1.62. The van der Waals surface area contributed by atoms with Gasteiger partial charge in [0.1, 0.15) is 0 Å². The molecule has 0 aromatic carbocycles. The molecule has 1 nitrogen and oxygen atoms in total. The van der Waals surface area contributed by atoms with Gasteiger partial charge in [0.05, 0.1) is 6.61 Å². The van der Waals surface area contributed by atoms with Gasteiger partial charge >= 0.3 is 0 Å². The Kier molecular flexibility index (Phi) is 5.70. The molecule has 1 unspecified atom stereocenters. The minimum atomic E-state index is -1.61. The number of alkyl halides is 1. The highest BCUT2D eigenvalue weighted by Gasteiger charge is 2.28. The molecule has 1 aliphatic carbocycles. The zero-order valence-corrected chi connectivity index (χ0v) is 11.6. The Balaban J connectivity index is 2.25. The van der Waals surface area contributed by atoms with Crippen molar-refractivity contribution in [1.29, 1.82) is 0 Å². The second-order valence-electron chi connectivity index (χ2n) is 4.43. The number of ether oxygens (including phenoxy) is 1. The van der Waals surface area contributed by atoms with Crippen molar-refractivity contribution in [3.8, 4) is 0 Å². The Morgan fingerprint density at radius 2 is 2.38 bits per heavy atom. The third-order valence-corrected chi connectivity index (χ3v) is 3.40. The predicted octanol–water partition coefficient (Wildman–Crippen LogP) is 4.73. The summed E-state index contributed by atoms with van der Waals surface area (Å²) in [5, 5.41) is 0. The molecule has 2 atom stereocenters. The van der Waals surface area contributed by atoms with Crippen LogP contribution in [0.15, 0.2) is 22.7 Å². The molecule has 0 bridgehead atoms. The molecule has 16 heavy (non-hydrogen) atoms. The molecule has 0 radical (unpaired) electrons. The van der Waals surface area contributed by atoms with E-state index in [0.29, 0.717) is 18.9 Å². The van der Waals surface area contributed by atoms with Crippen molar-refractivity contribution in [2.45, 2.75) is 45.4 Å². The summed E-state index contributed by atoms with van der Waals surface area (Å²) >= 11 is 3.26. The molecule has 3 heteroatoms.